The molecule has 0 unspecified atom stereocenters. The van der Waals surface area contributed by atoms with Gasteiger partial charge in [0.1, 0.15) is 0 Å². The molecular formula is C14H22N2. The lowest BCUT2D eigenvalue weighted by atomic mass is 10.00. The molecule has 0 atom stereocenters. The molecule has 88 valence electrons. The Balaban J connectivity index is 2.27. The number of nitrogens with one attached hydrogen (secondary N) is 1. The van der Waals surface area contributed by atoms with Crippen molar-refractivity contribution in [2.24, 2.45) is 0 Å². The van der Waals surface area contributed by atoms with Gasteiger partial charge in [0.15, 0.2) is 0 Å². The van der Waals surface area contributed by atoms with E-state index in [0.717, 1.165) is 19.6 Å². The lowest BCUT2D eigenvalue weighted by Gasteiger charge is -2.41. The van der Waals surface area contributed by atoms with Crippen LogP contribution in [0.3, 0.4) is 0 Å². The third-order valence-electron chi connectivity index (χ3n) is 3.49. The molecule has 1 fully saturated rings. The number of piperazine rings is 1. The number of rotatable bonds is 1. The monoisotopic (exact) mass is 218 g/mol. The summed E-state index contributed by atoms with van der Waals surface area (Å²) in [6.07, 6.45) is 0. The highest BCUT2D eigenvalue weighted by Gasteiger charge is 2.26. The van der Waals surface area contributed by atoms with E-state index in [1.807, 2.05) is 0 Å². The molecule has 0 spiro atoms. The molecule has 1 aliphatic rings. The van der Waals surface area contributed by atoms with Crippen LogP contribution >= 0.6 is 0 Å². The van der Waals surface area contributed by atoms with E-state index in [1.54, 1.807) is 0 Å². The zero-order chi connectivity index (χ0) is 11.8. The number of benzene rings is 1. The van der Waals surface area contributed by atoms with E-state index in [0.29, 0.717) is 0 Å². The zero-order valence-corrected chi connectivity index (χ0v) is 10.8. The van der Waals surface area contributed by atoms with E-state index in [2.05, 4.69) is 56.1 Å². The van der Waals surface area contributed by atoms with Gasteiger partial charge in [-0.2, -0.15) is 0 Å². The van der Waals surface area contributed by atoms with E-state index in [-0.39, 0.29) is 5.54 Å². The predicted molar refractivity (Wildman–Crippen MR) is 70.2 cm³/mol. The molecule has 16 heavy (non-hydrogen) atoms. The van der Waals surface area contributed by atoms with Gasteiger partial charge >= 0.3 is 0 Å². The van der Waals surface area contributed by atoms with Crippen molar-refractivity contribution in [2.45, 2.75) is 33.2 Å². The van der Waals surface area contributed by atoms with Crippen molar-refractivity contribution in [3.05, 3.63) is 29.3 Å². The normalized spacial score (nSPS) is 19.9. The summed E-state index contributed by atoms with van der Waals surface area (Å²) >= 11 is 0. The van der Waals surface area contributed by atoms with Crippen molar-refractivity contribution in [3.63, 3.8) is 0 Å². The van der Waals surface area contributed by atoms with Crippen molar-refractivity contribution in [3.8, 4) is 0 Å². The molecule has 0 saturated carbocycles. The summed E-state index contributed by atoms with van der Waals surface area (Å²) in [7, 11) is 0. The second-order valence-electron chi connectivity index (χ2n) is 5.45. The second kappa shape index (κ2) is 4.10. The fraction of sp³-hybridized carbons (Fsp3) is 0.571. The fourth-order valence-electron chi connectivity index (χ4n) is 2.43. The maximum absolute atomic E-state index is 3.55. The maximum atomic E-state index is 3.55. The van der Waals surface area contributed by atoms with E-state index < -0.39 is 0 Å². The first-order valence-corrected chi connectivity index (χ1v) is 6.06. The largest absolute Gasteiger partial charge is 0.368 e. The van der Waals surface area contributed by atoms with E-state index >= 15 is 0 Å². The van der Waals surface area contributed by atoms with Gasteiger partial charge in [0.2, 0.25) is 0 Å². The van der Waals surface area contributed by atoms with Crippen LogP contribution in [-0.4, -0.2) is 25.2 Å². The third-order valence-corrected chi connectivity index (χ3v) is 3.49. The van der Waals surface area contributed by atoms with Crippen molar-refractivity contribution in [1.82, 2.24) is 5.32 Å². The number of hydrogen-bond donors (Lipinski definition) is 1. The molecule has 2 nitrogen and oxygen atoms in total. The van der Waals surface area contributed by atoms with E-state index in [4.69, 9.17) is 0 Å². The first-order chi connectivity index (χ1) is 7.49. The van der Waals surface area contributed by atoms with Crippen LogP contribution in [0.25, 0.3) is 0 Å². The third kappa shape index (κ3) is 2.22. The summed E-state index contributed by atoms with van der Waals surface area (Å²) < 4.78 is 0. The summed E-state index contributed by atoms with van der Waals surface area (Å²) in [5.74, 6) is 0. The zero-order valence-electron chi connectivity index (χ0n) is 10.8. The molecule has 0 aromatic heterocycles. The minimum Gasteiger partial charge on any atom is -0.368 e. The number of nitrogens with zero attached hydrogens (tertiary/aromatic N) is 1. The lowest BCUT2D eigenvalue weighted by Crippen LogP contribution is -2.57. The van der Waals surface area contributed by atoms with Crippen LogP contribution in [0, 0.1) is 13.8 Å². The molecule has 0 bridgehead atoms. The number of anilines is 1. The molecule has 0 aliphatic carbocycles. The topological polar surface area (TPSA) is 15.3 Å². The Morgan fingerprint density at radius 3 is 2.69 bits per heavy atom. The van der Waals surface area contributed by atoms with Crippen molar-refractivity contribution >= 4 is 5.69 Å². The Morgan fingerprint density at radius 2 is 2.00 bits per heavy atom. The Bertz CT molecular complexity index is 382. The quantitative estimate of drug-likeness (QED) is 0.779. The molecular weight excluding hydrogens is 196 g/mol. The molecule has 1 aromatic carbocycles. The van der Waals surface area contributed by atoms with Gasteiger partial charge in [-0.1, -0.05) is 12.1 Å². The first-order valence-electron chi connectivity index (χ1n) is 6.06. The smallest absolute Gasteiger partial charge is 0.0399 e. The van der Waals surface area contributed by atoms with E-state index in [9.17, 15) is 0 Å². The molecule has 1 aliphatic heterocycles. The van der Waals surface area contributed by atoms with Crippen molar-refractivity contribution in [2.75, 3.05) is 24.5 Å². The van der Waals surface area contributed by atoms with Gasteiger partial charge in [-0.25, -0.2) is 0 Å². The maximum Gasteiger partial charge on any atom is 0.0399 e. The Morgan fingerprint density at radius 1 is 1.25 bits per heavy atom. The van der Waals surface area contributed by atoms with Crippen LogP contribution in [0.5, 0.6) is 0 Å². The minimum atomic E-state index is 0.217. The molecule has 1 N–H and O–H groups in total. The van der Waals surface area contributed by atoms with E-state index in [1.165, 1.54) is 16.8 Å². The predicted octanol–water partition coefficient (Wildman–Crippen LogP) is 2.49. The Labute approximate surface area is 98.7 Å². The van der Waals surface area contributed by atoms with Gasteiger partial charge in [0, 0.05) is 30.9 Å². The standard InChI is InChI=1S/C14H22N2/c1-11-6-5-7-13(12(11)2)16-9-8-15-14(3,4)10-16/h5-7,15H,8-10H2,1-4H3. The summed E-state index contributed by atoms with van der Waals surface area (Å²) in [5.41, 5.74) is 4.41. The SMILES string of the molecule is Cc1cccc(N2CCNC(C)(C)C2)c1C. The average molecular weight is 218 g/mol. The van der Waals surface area contributed by atoms with Gasteiger partial charge in [-0.15, -0.1) is 0 Å². The van der Waals surface area contributed by atoms with Crippen LogP contribution in [0.2, 0.25) is 0 Å². The van der Waals surface area contributed by atoms with Crippen LogP contribution in [0.4, 0.5) is 5.69 Å². The molecule has 2 rings (SSSR count). The van der Waals surface area contributed by atoms with Gasteiger partial charge in [-0.05, 0) is 44.9 Å². The lowest BCUT2D eigenvalue weighted by molar-refractivity contribution is 0.353. The Hall–Kier alpha value is -1.02. The highest BCUT2D eigenvalue weighted by molar-refractivity contribution is 5.56. The van der Waals surface area contributed by atoms with Crippen LogP contribution in [0.1, 0.15) is 25.0 Å². The summed E-state index contributed by atoms with van der Waals surface area (Å²) in [6.45, 7) is 12.2. The Kier molecular flexibility index (Phi) is 2.94. The average Bonchev–Trinajstić information content (AvgIpc) is 2.20. The first kappa shape index (κ1) is 11.5. The molecule has 0 amide bonds. The molecule has 1 saturated heterocycles. The molecule has 2 heteroatoms. The van der Waals surface area contributed by atoms with Gasteiger partial charge in [-0.3, -0.25) is 0 Å². The van der Waals surface area contributed by atoms with Gasteiger partial charge in [0.25, 0.3) is 0 Å². The van der Waals surface area contributed by atoms with Gasteiger partial charge < -0.3 is 10.2 Å². The minimum absolute atomic E-state index is 0.217. The van der Waals surface area contributed by atoms with Crippen LogP contribution in [0.15, 0.2) is 18.2 Å². The van der Waals surface area contributed by atoms with Crippen molar-refractivity contribution < 1.29 is 0 Å². The summed E-state index contributed by atoms with van der Waals surface area (Å²) in [5, 5.41) is 3.55. The molecule has 1 aromatic rings. The summed E-state index contributed by atoms with van der Waals surface area (Å²) in [4.78, 5) is 2.50. The van der Waals surface area contributed by atoms with Crippen molar-refractivity contribution in [1.29, 1.82) is 0 Å². The molecule has 1 heterocycles. The molecule has 0 radical (unpaired) electrons. The number of aryl methyl sites for hydroxylation is 1. The van der Waals surface area contributed by atoms with Crippen LogP contribution < -0.4 is 10.2 Å². The highest BCUT2D eigenvalue weighted by atomic mass is 15.2. The summed E-state index contributed by atoms with van der Waals surface area (Å²) in [6, 6.07) is 6.59. The second-order valence-corrected chi connectivity index (χ2v) is 5.45. The van der Waals surface area contributed by atoms with Gasteiger partial charge in [0.05, 0.1) is 0 Å². The highest BCUT2D eigenvalue weighted by Crippen LogP contribution is 2.25. The van der Waals surface area contributed by atoms with Crippen LogP contribution in [-0.2, 0) is 0 Å². The fourth-order valence-corrected chi connectivity index (χ4v) is 2.43. The number of hydrogen-bond acceptors (Lipinski definition) is 2.